The maximum atomic E-state index is 6.25. The molecule has 1 saturated heterocycles. The average Bonchev–Trinajstić information content (AvgIpc) is 2.27. The first-order chi connectivity index (χ1) is 8.38. The summed E-state index contributed by atoms with van der Waals surface area (Å²) in [7, 11) is 0. The summed E-state index contributed by atoms with van der Waals surface area (Å²) in [6.45, 7) is 11.8. The molecular weight excluding hydrogens is 220 g/mol. The summed E-state index contributed by atoms with van der Waals surface area (Å²) in [6.07, 6.45) is 8.02. The third-order valence-electron chi connectivity index (χ3n) is 5.43. The predicted octanol–water partition coefficient (Wildman–Crippen LogP) is 3.40. The van der Waals surface area contributed by atoms with Crippen molar-refractivity contribution in [2.24, 2.45) is 17.1 Å². The van der Waals surface area contributed by atoms with Gasteiger partial charge in [0.25, 0.3) is 0 Å². The molecule has 1 saturated carbocycles. The second-order valence-electron chi connectivity index (χ2n) is 7.79. The molecule has 3 unspecified atom stereocenters. The largest absolute Gasteiger partial charge is 0.329 e. The molecule has 2 fully saturated rings. The molecule has 3 atom stereocenters. The second kappa shape index (κ2) is 5.13. The molecule has 0 bridgehead atoms. The van der Waals surface area contributed by atoms with E-state index in [1.165, 1.54) is 45.1 Å². The molecule has 106 valence electrons. The lowest BCUT2D eigenvalue weighted by molar-refractivity contribution is -0.0377. The number of rotatable bonds is 2. The van der Waals surface area contributed by atoms with Gasteiger partial charge < -0.3 is 5.73 Å². The van der Waals surface area contributed by atoms with Crippen LogP contribution >= 0.6 is 0 Å². The van der Waals surface area contributed by atoms with E-state index in [-0.39, 0.29) is 0 Å². The van der Waals surface area contributed by atoms with E-state index in [4.69, 9.17) is 5.73 Å². The van der Waals surface area contributed by atoms with Crippen LogP contribution in [-0.4, -0.2) is 29.6 Å². The van der Waals surface area contributed by atoms with E-state index in [9.17, 15) is 0 Å². The van der Waals surface area contributed by atoms with Crippen LogP contribution in [0.15, 0.2) is 0 Å². The van der Waals surface area contributed by atoms with Crippen LogP contribution in [0.5, 0.6) is 0 Å². The van der Waals surface area contributed by atoms with Crippen LogP contribution in [-0.2, 0) is 0 Å². The van der Waals surface area contributed by atoms with Crippen LogP contribution in [0.2, 0.25) is 0 Å². The predicted molar refractivity (Wildman–Crippen MR) is 78.6 cm³/mol. The molecule has 1 aliphatic carbocycles. The van der Waals surface area contributed by atoms with Gasteiger partial charge in [0.1, 0.15) is 0 Å². The Morgan fingerprint density at radius 1 is 1.22 bits per heavy atom. The standard InChI is InChI=1S/C16H32N2/c1-13-6-9-18(14(2)10-13)16(12-17)8-5-7-15(3,4)11-16/h13-14H,5-12,17H2,1-4H3. The number of piperidine rings is 1. The SMILES string of the molecule is CC1CCN(C2(CN)CCCC(C)(C)C2)C(C)C1. The lowest BCUT2D eigenvalue weighted by atomic mass is 9.66. The first-order valence-corrected chi connectivity index (χ1v) is 7.85. The number of hydrogen-bond acceptors (Lipinski definition) is 2. The Hall–Kier alpha value is -0.0800. The van der Waals surface area contributed by atoms with Gasteiger partial charge >= 0.3 is 0 Å². The van der Waals surface area contributed by atoms with Gasteiger partial charge in [-0.2, -0.15) is 0 Å². The Bertz CT molecular complexity index is 287. The summed E-state index contributed by atoms with van der Waals surface area (Å²) < 4.78 is 0. The van der Waals surface area contributed by atoms with Crippen molar-refractivity contribution < 1.29 is 0 Å². The Labute approximate surface area is 113 Å². The van der Waals surface area contributed by atoms with Gasteiger partial charge in [0, 0.05) is 18.1 Å². The molecule has 0 aromatic carbocycles. The highest BCUT2D eigenvalue weighted by Gasteiger charge is 2.45. The minimum atomic E-state index is 0.293. The van der Waals surface area contributed by atoms with Crippen molar-refractivity contribution in [1.82, 2.24) is 4.90 Å². The zero-order valence-corrected chi connectivity index (χ0v) is 12.8. The van der Waals surface area contributed by atoms with E-state index in [1.807, 2.05) is 0 Å². The molecular formula is C16H32N2. The van der Waals surface area contributed by atoms with Gasteiger partial charge in [-0.15, -0.1) is 0 Å². The van der Waals surface area contributed by atoms with Crippen LogP contribution < -0.4 is 5.73 Å². The molecule has 1 aliphatic heterocycles. The summed E-state index contributed by atoms with van der Waals surface area (Å²) in [5.74, 6) is 0.891. The van der Waals surface area contributed by atoms with Gasteiger partial charge in [0.05, 0.1) is 0 Å². The molecule has 0 spiro atoms. The van der Waals surface area contributed by atoms with Crippen molar-refractivity contribution in [2.45, 2.75) is 77.8 Å². The summed E-state index contributed by atoms with van der Waals surface area (Å²) in [6, 6.07) is 0.714. The van der Waals surface area contributed by atoms with E-state index < -0.39 is 0 Å². The van der Waals surface area contributed by atoms with Crippen molar-refractivity contribution in [2.75, 3.05) is 13.1 Å². The molecule has 18 heavy (non-hydrogen) atoms. The monoisotopic (exact) mass is 252 g/mol. The van der Waals surface area contributed by atoms with Crippen molar-refractivity contribution in [3.8, 4) is 0 Å². The summed E-state index contributed by atoms with van der Waals surface area (Å²) >= 11 is 0. The molecule has 0 aromatic rings. The Morgan fingerprint density at radius 2 is 1.94 bits per heavy atom. The molecule has 0 aromatic heterocycles. The first kappa shape index (κ1) is 14.3. The van der Waals surface area contributed by atoms with Crippen LogP contribution in [0.25, 0.3) is 0 Å². The normalized spacial score (nSPS) is 41.8. The van der Waals surface area contributed by atoms with Crippen molar-refractivity contribution >= 4 is 0 Å². The molecule has 2 aliphatic rings. The van der Waals surface area contributed by atoms with Crippen LogP contribution in [0.4, 0.5) is 0 Å². The van der Waals surface area contributed by atoms with Gasteiger partial charge in [-0.1, -0.05) is 27.2 Å². The highest BCUT2D eigenvalue weighted by Crippen LogP contribution is 2.45. The molecule has 2 rings (SSSR count). The molecule has 0 amide bonds. The zero-order chi connectivity index (χ0) is 13.4. The van der Waals surface area contributed by atoms with Gasteiger partial charge in [-0.3, -0.25) is 4.90 Å². The molecule has 2 N–H and O–H groups in total. The fraction of sp³-hybridized carbons (Fsp3) is 1.00. The maximum Gasteiger partial charge on any atom is 0.0339 e. The van der Waals surface area contributed by atoms with E-state index >= 15 is 0 Å². The van der Waals surface area contributed by atoms with Gasteiger partial charge in [0.15, 0.2) is 0 Å². The maximum absolute atomic E-state index is 6.25. The highest BCUT2D eigenvalue weighted by molar-refractivity contribution is 5.02. The number of nitrogens with zero attached hydrogens (tertiary/aromatic N) is 1. The quantitative estimate of drug-likeness (QED) is 0.816. The van der Waals surface area contributed by atoms with Crippen molar-refractivity contribution in [3.05, 3.63) is 0 Å². The average molecular weight is 252 g/mol. The summed E-state index contributed by atoms with van der Waals surface area (Å²) in [5.41, 5.74) is 7.01. The van der Waals surface area contributed by atoms with E-state index in [0.717, 1.165) is 12.5 Å². The third-order valence-corrected chi connectivity index (χ3v) is 5.43. The van der Waals surface area contributed by atoms with Crippen LogP contribution in [0, 0.1) is 11.3 Å². The molecule has 2 heteroatoms. The van der Waals surface area contributed by atoms with E-state index in [2.05, 4.69) is 32.6 Å². The molecule has 0 radical (unpaired) electrons. The summed E-state index contributed by atoms with van der Waals surface area (Å²) in [4.78, 5) is 2.77. The number of nitrogens with two attached hydrogens (primary N) is 1. The molecule has 2 nitrogen and oxygen atoms in total. The van der Waals surface area contributed by atoms with Crippen LogP contribution in [0.1, 0.15) is 66.2 Å². The van der Waals surface area contributed by atoms with E-state index in [1.54, 1.807) is 0 Å². The van der Waals surface area contributed by atoms with Crippen molar-refractivity contribution in [1.29, 1.82) is 0 Å². The Morgan fingerprint density at radius 3 is 2.50 bits per heavy atom. The van der Waals surface area contributed by atoms with Gasteiger partial charge in [-0.05, 0) is 56.9 Å². The Kier molecular flexibility index (Phi) is 4.08. The lowest BCUT2D eigenvalue weighted by Crippen LogP contribution is -2.62. The van der Waals surface area contributed by atoms with Gasteiger partial charge in [-0.25, -0.2) is 0 Å². The number of hydrogen-bond donors (Lipinski definition) is 1. The Balaban J connectivity index is 2.16. The third kappa shape index (κ3) is 2.75. The first-order valence-electron chi connectivity index (χ1n) is 7.85. The topological polar surface area (TPSA) is 29.3 Å². The summed E-state index contributed by atoms with van der Waals surface area (Å²) in [5, 5.41) is 0. The van der Waals surface area contributed by atoms with Crippen molar-refractivity contribution in [3.63, 3.8) is 0 Å². The second-order valence-corrected chi connectivity index (χ2v) is 7.79. The lowest BCUT2D eigenvalue weighted by Gasteiger charge is -2.55. The number of likely N-dealkylation sites (tertiary alicyclic amines) is 1. The van der Waals surface area contributed by atoms with Crippen LogP contribution in [0.3, 0.4) is 0 Å². The minimum Gasteiger partial charge on any atom is -0.329 e. The highest BCUT2D eigenvalue weighted by atomic mass is 15.2. The smallest absolute Gasteiger partial charge is 0.0339 e. The fourth-order valence-corrected chi connectivity index (χ4v) is 4.61. The zero-order valence-electron chi connectivity index (χ0n) is 12.8. The van der Waals surface area contributed by atoms with E-state index in [0.29, 0.717) is 17.0 Å². The minimum absolute atomic E-state index is 0.293. The van der Waals surface area contributed by atoms with Gasteiger partial charge in [0.2, 0.25) is 0 Å². The fourth-order valence-electron chi connectivity index (χ4n) is 4.61. The molecule has 1 heterocycles.